The molecule has 0 aliphatic rings. The van der Waals surface area contributed by atoms with E-state index in [4.69, 9.17) is 4.74 Å². The molecule has 0 saturated heterocycles. The first-order chi connectivity index (χ1) is 8.67. The number of thiol groups is 1. The molecule has 0 bridgehead atoms. The molecule has 0 atom stereocenters. The van der Waals surface area contributed by atoms with Crippen molar-refractivity contribution < 1.29 is 4.74 Å². The number of benzene rings is 1. The molecule has 94 valence electrons. The Labute approximate surface area is 111 Å². The second-order valence-corrected chi connectivity index (χ2v) is 4.31. The molecular formula is C14H15NO2S. The van der Waals surface area contributed by atoms with E-state index in [9.17, 15) is 4.79 Å². The average Bonchev–Trinajstić information content (AvgIpc) is 2.42. The molecule has 2 rings (SSSR count). The maximum Gasteiger partial charge on any atom is 0.254 e. The number of ether oxygens (including phenoxy) is 1. The summed E-state index contributed by atoms with van der Waals surface area (Å²) in [6.07, 6.45) is 0. The largest absolute Gasteiger partial charge is 0.497 e. The van der Waals surface area contributed by atoms with Crippen molar-refractivity contribution in [1.29, 1.82) is 0 Å². The third kappa shape index (κ3) is 2.29. The van der Waals surface area contributed by atoms with Crippen molar-refractivity contribution in [3.63, 3.8) is 0 Å². The third-order valence-electron chi connectivity index (χ3n) is 2.92. The summed E-state index contributed by atoms with van der Waals surface area (Å²) in [5.41, 5.74) is 2.52. The zero-order valence-electron chi connectivity index (χ0n) is 10.4. The van der Waals surface area contributed by atoms with Gasteiger partial charge < -0.3 is 9.30 Å². The first-order valence-electron chi connectivity index (χ1n) is 5.61. The quantitative estimate of drug-likeness (QED) is 0.861. The van der Waals surface area contributed by atoms with Gasteiger partial charge in [0.2, 0.25) is 0 Å². The molecule has 0 aliphatic carbocycles. The minimum atomic E-state index is -0.00896. The van der Waals surface area contributed by atoms with E-state index >= 15 is 0 Å². The first-order valence-corrected chi connectivity index (χ1v) is 6.25. The molecule has 1 heterocycles. The van der Waals surface area contributed by atoms with Crippen LogP contribution in [0.1, 0.15) is 5.56 Å². The van der Waals surface area contributed by atoms with Gasteiger partial charge in [-0.05, 0) is 18.2 Å². The second-order valence-electron chi connectivity index (χ2n) is 4.00. The highest BCUT2D eigenvalue weighted by Gasteiger charge is 2.07. The van der Waals surface area contributed by atoms with Gasteiger partial charge in [0.25, 0.3) is 5.56 Å². The predicted octanol–water partition coefficient (Wildman–Crippen LogP) is 2.49. The van der Waals surface area contributed by atoms with E-state index in [1.807, 2.05) is 36.4 Å². The Bertz CT molecular complexity index is 619. The number of pyridine rings is 1. The summed E-state index contributed by atoms with van der Waals surface area (Å²) in [5.74, 6) is 1.23. The Morgan fingerprint density at radius 2 is 2.06 bits per heavy atom. The van der Waals surface area contributed by atoms with Gasteiger partial charge in [-0.25, -0.2) is 0 Å². The molecule has 0 spiro atoms. The lowest BCUT2D eigenvalue weighted by Crippen LogP contribution is -2.21. The van der Waals surface area contributed by atoms with Crippen molar-refractivity contribution in [1.82, 2.24) is 4.57 Å². The molecule has 0 unspecified atom stereocenters. The summed E-state index contributed by atoms with van der Waals surface area (Å²) in [6, 6.07) is 11.4. The summed E-state index contributed by atoms with van der Waals surface area (Å²) in [4.78, 5) is 12.0. The van der Waals surface area contributed by atoms with Crippen LogP contribution in [0.15, 0.2) is 41.2 Å². The monoisotopic (exact) mass is 261 g/mol. The van der Waals surface area contributed by atoms with Gasteiger partial charge in [0.1, 0.15) is 5.75 Å². The SMILES string of the molecule is COc1cccc(-c2ccc(CS)c(=O)n2C)c1. The molecule has 18 heavy (non-hydrogen) atoms. The maximum absolute atomic E-state index is 12.0. The lowest BCUT2D eigenvalue weighted by Gasteiger charge is -2.10. The Hall–Kier alpha value is -1.68. The van der Waals surface area contributed by atoms with E-state index in [0.29, 0.717) is 11.3 Å². The Morgan fingerprint density at radius 1 is 1.28 bits per heavy atom. The van der Waals surface area contributed by atoms with Crippen LogP contribution in [0.25, 0.3) is 11.3 Å². The molecule has 1 aromatic carbocycles. The Morgan fingerprint density at radius 3 is 2.72 bits per heavy atom. The van der Waals surface area contributed by atoms with Crippen LogP contribution in [0.5, 0.6) is 5.75 Å². The van der Waals surface area contributed by atoms with Gasteiger partial charge >= 0.3 is 0 Å². The molecule has 4 heteroatoms. The number of aromatic nitrogens is 1. The Balaban J connectivity index is 2.57. The molecule has 0 saturated carbocycles. The smallest absolute Gasteiger partial charge is 0.254 e. The highest BCUT2D eigenvalue weighted by Crippen LogP contribution is 2.22. The van der Waals surface area contributed by atoms with Crippen LogP contribution in [-0.4, -0.2) is 11.7 Å². The summed E-state index contributed by atoms with van der Waals surface area (Å²) in [7, 11) is 3.40. The van der Waals surface area contributed by atoms with Crippen molar-refractivity contribution >= 4 is 12.6 Å². The topological polar surface area (TPSA) is 31.2 Å². The molecule has 0 N–H and O–H groups in total. The van der Waals surface area contributed by atoms with Gasteiger partial charge in [-0.3, -0.25) is 4.79 Å². The van der Waals surface area contributed by atoms with E-state index in [2.05, 4.69) is 12.6 Å². The number of nitrogens with zero attached hydrogens (tertiary/aromatic N) is 1. The number of hydrogen-bond acceptors (Lipinski definition) is 3. The van der Waals surface area contributed by atoms with Crippen LogP contribution >= 0.6 is 12.6 Å². The zero-order chi connectivity index (χ0) is 13.1. The maximum atomic E-state index is 12.0. The van der Waals surface area contributed by atoms with Gasteiger partial charge in [-0.15, -0.1) is 0 Å². The lowest BCUT2D eigenvalue weighted by molar-refractivity contribution is 0.415. The normalized spacial score (nSPS) is 10.4. The van der Waals surface area contributed by atoms with Gasteiger partial charge in [0.05, 0.1) is 12.8 Å². The Kier molecular flexibility index (Phi) is 3.77. The standard InChI is InChI=1S/C14H15NO2S/c1-15-13(7-6-11(9-18)14(15)16)10-4-3-5-12(8-10)17-2/h3-8,18H,9H2,1-2H3. The van der Waals surface area contributed by atoms with Crippen molar-refractivity contribution in [2.75, 3.05) is 7.11 Å². The van der Waals surface area contributed by atoms with E-state index in [-0.39, 0.29) is 5.56 Å². The fraction of sp³-hybridized carbons (Fsp3) is 0.214. The van der Waals surface area contributed by atoms with Crippen LogP contribution < -0.4 is 10.3 Å². The van der Waals surface area contributed by atoms with Gasteiger partial charge in [-0.2, -0.15) is 12.6 Å². The van der Waals surface area contributed by atoms with Crippen LogP contribution in [0.4, 0.5) is 0 Å². The third-order valence-corrected chi connectivity index (χ3v) is 3.26. The van der Waals surface area contributed by atoms with Crippen LogP contribution in [0.3, 0.4) is 0 Å². The van der Waals surface area contributed by atoms with Crippen molar-refractivity contribution in [2.45, 2.75) is 5.75 Å². The molecular weight excluding hydrogens is 246 g/mol. The first kappa shape index (κ1) is 12.8. The summed E-state index contributed by atoms with van der Waals surface area (Å²) >= 11 is 4.15. The fourth-order valence-corrected chi connectivity index (χ4v) is 2.12. The van der Waals surface area contributed by atoms with E-state index < -0.39 is 0 Å². The lowest BCUT2D eigenvalue weighted by atomic mass is 10.1. The van der Waals surface area contributed by atoms with Gasteiger partial charge in [0.15, 0.2) is 0 Å². The van der Waals surface area contributed by atoms with Crippen molar-refractivity contribution in [3.05, 3.63) is 52.3 Å². The summed E-state index contributed by atoms with van der Waals surface area (Å²) < 4.78 is 6.83. The van der Waals surface area contributed by atoms with E-state index in [1.54, 1.807) is 18.7 Å². The zero-order valence-corrected chi connectivity index (χ0v) is 11.3. The highest BCUT2D eigenvalue weighted by atomic mass is 32.1. The molecule has 0 aliphatic heterocycles. The number of rotatable bonds is 3. The molecule has 2 aromatic rings. The molecule has 3 nitrogen and oxygen atoms in total. The summed E-state index contributed by atoms with van der Waals surface area (Å²) in [5, 5.41) is 0. The predicted molar refractivity (Wildman–Crippen MR) is 76.4 cm³/mol. The fourth-order valence-electron chi connectivity index (χ4n) is 1.88. The minimum absolute atomic E-state index is 0.00896. The van der Waals surface area contributed by atoms with E-state index in [0.717, 1.165) is 17.0 Å². The molecule has 0 radical (unpaired) electrons. The average molecular weight is 261 g/mol. The highest BCUT2D eigenvalue weighted by molar-refractivity contribution is 7.79. The van der Waals surface area contributed by atoms with Crippen molar-refractivity contribution in [2.24, 2.45) is 7.05 Å². The summed E-state index contributed by atoms with van der Waals surface area (Å²) in [6.45, 7) is 0. The molecule has 1 aromatic heterocycles. The van der Waals surface area contributed by atoms with Crippen LogP contribution in [0, 0.1) is 0 Å². The van der Waals surface area contributed by atoms with Gasteiger partial charge in [-0.1, -0.05) is 18.2 Å². The van der Waals surface area contributed by atoms with Gasteiger partial charge in [0, 0.05) is 23.9 Å². The number of methoxy groups -OCH3 is 1. The minimum Gasteiger partial charge on any atom is -0.497 e. The molecule has 0 fully saturated rings. The number of hydrogen-bond donors (Lipinski definition) is 1. The van der Waals surface area contributed by atoms with Crippen LogP contribution in [-0.2, 0) is 12.8 Å². The van der Waals surface area contributed by atoms with Crippen molar-refractivity contribution in [3.8, 4) is 17.0 Å². The molecule has 0 amide bonds. The van der Waals surface area contributed by atoms with Crippen LogP contribution in [0.2, 0.25) is 0 Å². The second kappa shape index (κ2) is 5.31. The van der Waals surface area contributed by atoms with E-state index in [1.165, 1.54) is 0 Å².